The van der Waals surface area contributed by atoms with E-state index in [1.807, 2.05) is 36.0 Å². The average molecular weight is 315 g/mol. The monoisotopic (exact) mass is 313 g/mol. The van der Waals surface area contributed by atoms with Crippen molar-refractivity contribution in [1.82, 2.24) is 9.78 Å². The maximum atomic E-state index is 6.21. The second-order valence-corrected chi connectivity index (χ2v) is 5.06. The van der Waals surface area contributed by atoms with E-state index in [2.05, 4.69) is 21.0 Å². The van der Waals surface area contributed by atoms with E-state index >= 15 is 0 Å². The van der Waals surface area contributed by atoms with Crippen LogP contribution in [0.5, 0.6) is 0 Å². The van der Waals surface area contributed by atoms with Gasteiger partial charge < -0.3 is 5.73 Å². The van der Waals surface area contributed by atoms with Gasteiger partial charge in [0.1, 0.15) is 0 Å². The first-order valence-electron chi connectivity index (χ1n) is 5.34. The summed E-state index contributed by atoms with van der Waals surface area (Å²) < 4.78 is 2.78. The first kappa shape index (κ1) is 12.6. The van der Waals surface area contributed by atoms with Crippen LogP contribution in [0.2, 0.25) is 5.02 Å². The van der Waals surface area contributed by atoms with Gasteiger partial charge in [-0.2, -0.15) is 5.10 Å². The van der Waals surface area contributed by atoms with E-state index in [-0.39, 0.29) is 6.04 Å². The van der Waals surface area contributed by atoms with Crippen LogP contribution in [0.15, 0.2) is 35.1 Å². The lowest BCUT2D eigenvalue weighted by molar-refractivity contribution is 0.658. The van der Waals surface area contributed by atoms with Gasteiger partial charge in [-0.25, -0.2) is 0 Å². The molecule has 0 aliphatic heterocycles. The molecule has 0 aliphatic carbocycles. The summed E-state index contributed by atoms with van der Waals surface area (Å²) in [6.07, 6.45) is 3.76. The number of aromatic nitrogens is 2. The van der Waals surface area contributed by atoms with Crippen molar-refractivity contribution < 1.29 is 0 Å². The molecule has 2 N–H and O–H groups in total. The van der Waals surface area contributed by atoms with Gasteiger partial charge in [-0.15, -0.1) is 0 Å². The van der Waals surface area contributed by atoms with E-state index in [0.717, 1.165) is 22.1 Å². The van der Waals surface area contributed by atoms with Crippen molar-refractivity contribution >= 4 is 27.5 Å². The zero-order valence-electron chi connectivity index (χ0n) is 9.40. The smallest absolute Gasteiger partial charge is 0.0594 e. The van der Waals surface area contributed by atoms with E-state index in [4.69, 9.17) is 17.3 Å². The Morgan fingerprint density at radius 3 is 2.88 bits per heavy atom. The molecule has 0 bridgehead atoms. The second-order valence-electron chi connectivity index (χ2n) is 3.77. The highest BCUT2D eigenvalue weighted by atomic mass is 79.9. The molecule has 1 aromatic carbocycles. The molecule has 1 aromatic heterocycles. The molecule has 2 aromatic rings. The van der Waals surface area contributed by atoms with Crippen LogP contribution in [-0.4, -0.2) is 9.78 Å². The van der Waals surface area contributed by atoms with Gasteiger partial charge in [-0.3, -0.25) is 4.68 Å². The van der Waals surface area contributed by atoms with Crippen molar-refractivity contribution in [3.05, 3.63) is 51.2 Å². The Morgan fingerprint density at radius 1 is 1.53 bits per heavy atom. The van der Waals surface area contributed by atoms with Crippen LogP contribution in [0, 0.1) is 0 Å². The summed E-state index contributed by atoms with van der Waals surface area (Å²) in [6, 6.07) is 5.43. The van der Waals surface area contributed by atoms with Crippen LogP contribution in [0.1, 0.15) is 24.1 Å². The third-order valence-corrected chi connectivity index (χ3v) is 3.56. The number of nitrogens with zero attached hydrogens (tertiary/aromatic N) is 2. The minimum absolute atomic E-state index is 0.193. The average Bonchev–Trinajstić information content (AvgIpc) is 2.76. The number of rotatable bonds is 3. The van der Waals surface area contributed by atoms with Gasteiger partial charge in [0, 0.05) is 27.8 Å². The first-order chi connectivity index (χ1) is 8.11. The molecule has 1 heterocycles. The predicted molar refractivity (Wildman–Crippen MR) is 73.1 cm³/mol. The number of hydrogen-bond donors (Lipinski definition) is 1. The molecular formula is C12H13BrClN3. The van der Waals surface area contributed by atoms with Crippen LogP contribution in [0.4, 0.5) is 0 Å². The molecule has 0 saturated heterocycles. The summed E-state index contributed by atoms with van der Waals surface area (Å²) in [7, 11) is 0. The molecule has 17 heavy (non-hydrogen) atoms. The van der Waals surface area contributed by atoms with Gasteiger partial charge in [0.2, 0.25) is 0 Å². The molecule has 0 amide bonds. The largest absolute Gasteiger partial charge is 0.320 e. The van der Waals surface area contributed by atoms with Crippen molar-refractivity contribution in [1.29, 1.82) is 0 Å². The minimum atomic E-state index is -0.193. The second kappa shape index (κ2) is 5.21. The lowest BCUT2D eigenvalue weighted by Crippen LogP contribution is -2.11. The lowest BCUT2D eigenvalue weighted by atomic mass is 10.0. The molecule has 0 spiro atoms. The summed E-state index contributed by atoms with van der Waals surface area (Å²) >= 11 is 9.38. The number of nitrogens with two attached hydrogens (primary N) is 1. The Bertz CT molecular complexity index is 524. The summed E-state index contributed by atoms with van der Waals surface area (Å²) in [5, 5.41) is 4.92. The van der Waals surface area contributed by atoms with Gasteiger partial charge in [0.25, 0.3) is 0 Å². The molecule has 90 valence electrons. The number of halogens is 2. The van der Waals surface area contributed by atoms with Gasteiger partial charge in [-0.05, 0) is 24.6 Å². The fourth-order valence-corrected chi connectivity index (χ4v) is 2.58. The van der Waals surface area contributed by atoms with Crippen molar-refractivity contribution in [3.63, 3.8) is 0 Å². The van der Waals surface area contributed by atoms with Crippen molar-refractivity contribution in [2.24, 2.45) is 5.73 Å². The molecule has 5 heteroatoms. The highest BCUT2D eigenvalue weighted by Crippen LogP contribution is 2.28. The summed E-state index contributed by atoms with van der Waals surface area (Å²) in [5.74, 6) is 0. The maximum Gasteiger partial charge on any atom is 0.0594 e. The van der Waals surface area contributed by atoms with Crippen molar-refractivity contribution in [2.75, 3.05) is 0 Å². The van der Waals surface area contributed by atoms with Crippen molar-refractivity contribution in [3.8, 4) is 0 Å². The van der Waals surface area contributed by atoms with Crippen LogP contribution < -0.4 is 5.73 Å². The fraction of sp³-hybridized carbons (Fsp3) is 0.250. The molecule has 3 nitrogen and oxygen atoms in total. The molecule has 0 fully saturated rings. The Balaban J connectivity index is 2.33. The third kappa shape index (κ3) is 2.70. The van der Waals surface area contributed by atoms with E-state index in [0.29, 0.717) is 5.02 Å². The van der Waals surface area contributed by atoms with Crippen molar-refractivity contribution in [2.45, 2.75) is 19.5 Å². The molecule has 2 rings (SSSR count). The van der Waals surface area contributed by atoms with E-state index < -0.39 is 0 Å². The number of aryl methyl sites for hydroxylation is 1. The molecular weight excluding hydrogens is 302 g/mol. The molecule has 0 aliphatic rings. The molecule has 1 atom stereocenters. The Morgan fingerprint density at radius 2 is 2.29 bits per heavy atom. The highest BCUT2D eigenvalue weighted by Gasteiger charge is 2.14. The van der Waals surface area contributed by atoms with E-state index in [9.17, 15) is 0 Å². The summed E-state index contributed by atoms with van der Waals surface area (Å²) in [6.45, 7) is 2.88. The predicted octanol–water partition coefficient (Wildman–Crippen LogP) is 3.37. The number of hydrogen-bond acceptors (Lipinski definition) is 2. The zero-order chi connectivity index (χ0) is 12.4. The fourth-order valence-electron chi connectivity index (χ4n) is 1.65. The van der Waals surface area contributed by atoms with E-state index in [1.165, 1.54) is 0 Å². The zero-order valence-corrected chi connectivity index (χ0v) is 11.7. The SMILES string of the molecule is CCn1cc(C(N)c2ccc(Cl)cc2Br)cn1. The lowest BCUT2D eigenvalue weighted by Gasteiger charge is -2.12. The summed E-state index contributed by atoms with van der Waals surface area (Å²) in [5.41, 5.74) is 8.21. The topological polar surface area (TPSA) is 43.8 Å². The molecule has 0 radical (unpaired) electrons. The molecule has 0 saturated carbocycles. The standard InChI is InChI=1S/C12H13BrClN3/c1-2-17-7-8(6-16-17)12(15)10-4-3-9(14)5-11(10)13/h3-7,12H,2,15H2,1H3. The van der Waals surface area contributed by atoms with E-state index in [1.54, 1.807) is 6.20 Å². The highest BCUT2D eigenvalue weighted by molar-refractivity contribution is 9.10. The van der Waals surface area contributed by atoms with Crippen LogP contribution in [0.25, 0.3) is 0 Å². The van der Waals surface area contributed by atoms with Crippen LogP contribution in [0.3, 0.4) is 0 Å². The van der Waals surface area contributed by atoms with Crippen LogP contribution in [-0.2, 0) is 6.54 Å². The first-order valence-corrected chi connectivity index (χ1v) is 6.51. The minimum Gasteiger partial charge on any atom is -0.320 e. The van der Waals surface area contributed by atoms with Crippen LogP contribution >= 0.6 is 27.5 Å². The third-order valence-electron chi connectivity index (χ3n) is 2.63. The summed E-state index contributed by atoms with van der Waals surface area (Å²) in [4.78, 5) is 0. The van der Waals surface area contributed by atoms with Gasteiger partial charge in [0.05, 0.1) is 12.2 Å². The number of benzene rings is 1. The Hall–Kier alpha value is -0.840. The quantitative estimate of drug-likeness (QED) is 0.944. The molecule has 1 unspecified atom stereocenters. The van der Waals surface area contributed by atoms with Gasteiger partial charge in [0.15, 0.2) is 0 Å². The maximum absolute atomic E-state index is 6.21. The van der Waals surface area contributed by atoms with Gasteiger partial charge >= 0.3 is 0 Å². The Labute approximate surface area is 114 Å². The normalized spacial score (nSPS) is 12.7. The van der Waals surface area contributed by atoms with Gasteiger partial charge in [-0.1, -0.05) is 33.6 Å². The Kier molecular flexibility index (Phi) is 3.86.